The molecule has 4 rings (SSSR count). The van der Waals surface area contributed by atoms with Crippen LogP contribution in [0.1, 0.15) is 37.8 Å². The van der Waals surface area contributed by atoms with Gasteiger partial charge >= 0.3 is 37.9 Å². The maximum absolute atomic E-state index is 4.93. The van der Waals surface area contributed by atoms with Gasteiger partial charge in [0.05, 0.1) is 0 Å². The number of halogens is 2. The summed E-state index contributed by atoms with van der Waals surface area (Å²) in [7, 11) is 9.87. The molecule has 0 nitrogen and oxygen atoms in total. The number of rotatable bonds is 4. The van der Waals surface area contributed by atoms with Gasteiger partial charge in [-0.05, 0) is 0 Å². The molecule has 0 saturated carbocycles. The Balaban J connectivity index is 0.000000183. The molecule has 148 valence electrons. The van der Waals surface area contributed by atoms with Gasteiger partial charge < -0.3 is 0 Å². The molecule has 2 aliphatic rings. The Morgan fingerprint density at radius 3 is 1.31 bits per heavy atom. The fourth-order valence-electron chi connectivity index (χ4n) is 3.28. The third kappa shape index (κ3) is 9.94. The van der Waals surface area contributed by atoms with Crippen LogP contribution >= 0.6 is 17.0 Å². The molecule has 0 amide bonds. The summed E-state index contributed by atoms with van der Waals surface area (Å²) in [6.45, 7) is 4.27. The maximum atomic E-state index is 4.93. The quantitative estimate of drug-likeness (QED) is 0.373. The van der Waals surface area contributed by atoms with E-state index in [0.717, 1.165) is 25.7 Å². The summed E-state index contributed by atoms with van der Waals surface area (Å²) in [5, 5.41) is 0. The van der Waals surface area contributed by atoms with E-state index in [1.807, 2.05) is 0 Å². The van der Waals surface area contributed by atoms with E-state index in [-0.39, 0.29) is 0 Å². The van der Waals surface area contributed by atoms with Crippen LogP contribution in [0.2, 0.25) is 0 Å². The summed E-state index contributed by atoms with van der Waals surface area (Å²) in [5.41, 5.74) is 8.44. The average molecular weight is 501 g/mol. The predicted octanol–water partition coefficient (Wildman–Crippen LogP) is 7.99. The zero-order valence-electron chi connectivity index (χ0n) is 17.0. The summed E-state index contributed by atoms with van der Waals surface area (Å²) >= 11 is -0.826. The number of hydrogen-bond donors (Lipinski definition) is 0. The van der Waals surface area contributed by atoms with E-state index in [4.69, 9.17) is 17.0 Å². The molecule has 0 bridgehead atoms. The molecule has 0 atom stereocenters. The second kappa shape index (κ2) is 14.0. The number of allylic oxidation sites excluding steroid dienone is 8. The predicted molar refractivity (Wildman–Crippen MR) is 122 cm³/mol. The molecule has 0 radical (unpaired) electrons. The van der Waals surface area contributed by atoms with Crippen molar-refractivity contribution in [3.8, 4) is 0 Å². The molecular formula is C26H26Cl2Zr. The molecule has 29 heavy (non-hydrogen) atoms. The van der Waals surface area contributed by atoms with Crippen molar-refractivity contribution in [2.24, 2.45) is 0 Å². The van der Waals surface area contributed by atoms with Crippen LogP contribution in [0.15, 0.2) is 95.1 Å². The van der Waals surface area contributed by atoms with E-state index in [1.165, 1.54) is 33.4 Å². The van der Waals surface area contributed by atoms with Gasteiger partial charge in [-0.2, -0.15) is 11.1 Å². The summed E-state index contributed by atoms with van der Waals surface area (Å²) < 4.78 is 0. The monoisotopic (exact) mass is 498 g/mol. The summed E-state index contributed by atoms with van der Waals surface area (Å²) in [6, 6.07) is 21.2. The molecule has 2 aromatic rings. The van der Waals surface area contributed by atoms with Crippen molar-refractivity contribution in [2.45, 2.75) is 39.5 Å². The molecule has 0 saturated heterocycles. The third-order valence-electron chi connectivity index (χ3n) is 4.58. The molecule has 3 heteroatoms. The van der Waals surface area contributed by atoms with Crippen LogP contribution in [-0.4, -0.2) is 0 Å². The van der Waals surface area contributed by atoms with Crippen LogP contribution in [0, 0.1) is 12.2 Å². The summed E-state index contributed by atoms with van der Waals surface area (Å²) in [4.78, 5) is 0. The van der Waals surface area contributed by atoms with Crippen molar-refractivity contribution in [2.75, 3.05) is 0 Å². The van der Waals surface area contributed by atoms with Crippen molar-refractivity contribution in [3.63, 3.8) is 0 Å². The molecule has 0 unspecified atom stereocenters. The van der Waals surface area contributed by atoms with Gasteiger partial charge in [-0.15, -0.1) is 0 Å². The normalized spacial score (nSPS) is 14.2. The minimum atomic E-state index is -0.826. The summed E-state index contributed by atoms with van der Waals surface area (Å²) in [6.07, 6.45) is 15.1. The Morgan fingerprint density at radius 1 is 0.690 bits per heavy atom. The Bertz CT molecular complexity index is 789. The van der Waals surface area contributed by atoms with Crippen LogP contribution in [0.5, 0.6) is 0 Å². The van der Waals surface area contributed by atoms with E-state index in [2.05, 4.69) is 98.8 Å². The minimum absolute atomic E-state index is 0.826. The van der Waals surface area contributed by atoms with Crippen LogP contribution in [-0.2, 0) is 33.7 Å². The van der Waals surface area contributed by atoms with Gasteiger partial charge in [0, 0.05) is 0 Å². The SMILES string of the molecule is CC1=[C-]C=C(Cc2ccccc2)C1.CC1=[C-]C=C(Cc2ccccc2)C1.[Cl][Zr+2][Cl]. The van der Waals surface area contributed by atoms with Gasteiger partial charge in [0.1, 0.15) is 0 Å². The average Bonchev–Trinajstić information content (AvgIpc) is 3.32. The van der Waals surface area contributed by atoms with E-state index in [9.17, 15) is 0 Å². The van der Waals surface area contributed by atoms with E-state index in [1.54, 1.807) is 0 Å². The molecule has 0 aliphatic heterocycles. The fourth-order valence-corrected chi connectivity index (χ4v) is 3.28. The van der Waals surface area contributed by atoms with Gasteiger partial charge in [0.2, 0.25) is 0 Å². The van der Waals surface area contributed by atoms with Crippen LogP contribution < -0.4 is 0 Å². The first-order valence-corrected chi connectivity index (χ1v) is 16.0. The fraction of sp³-hybridized carbons (Fsp3) is 0.231. The first-order valence-electron chi connectivity index (χ1n) is 9.68. The standard InChI is InChI=1S/2C13H13.2ClH.Zr/c2*1-11-7-8-13(9-11)10-12-5-3-2-4-6-12;;;/h2*2-6,8H,9-10H2,1H3;2*1H;/q2*-1;;;+4/p-2. The van der Waals surface area contributed by atoms with E-state index < -0.39 is 20.8 Å². The second-order valence-electron chi connectivity index (χ2n) is 7.20. The molecule has 0 N–H and O–H groups in total. The first-order chi connectivity index (χ1) is 14.1. The molecule has 0 fully saturated rings. The van der Waals surface area contributed by atoms with Crippen molar-refractivity contribution < 1.29 is 20.8 Å². The van der Waals surface area contributed by atoms with Crippen LogP contribution in [0.25, 0.3) is 0 Å². The number of hydrogen-bond acceptors (Lipinski definition) is 0. The Hall–Kier alpha value is -1.14. The summed E-state index contributed by atoms with van der Waals surface area (Å²) in [5.74, 6) is 0. The van der Waals surface area contributed by atoms with E-state index >= 15 is 0 Å². The van der Waals surface area contributed by atoms with Crippen molar-refractivity contribution in [3.05, 3.63) is 118 Å². The molecule has 2 aromatic carbocycles. The Morgan fingerprint density at radius 2 is 1.03 bits per heavy atom. The van der Waals surface area contributed by atoms with Crippen molar-refractivity contribution >= 4 is 17.0 Å². The second-order valence-corrected chi connectivity index (χ2v) is 10.9. The van der Waals surface area contributed by atoms with Crippen molar-refractivity contribution in [1.29, 1.82) is 0 Å². The molecule has 0 heterocycles. The van der Waals surface area contributed by atoms with Crippen LogP contribution in [0.4, 0.5) is 0 Å². The molecule has 2 aliphatic carbocycles. The van der Waals surface area contributed by atoms with Gasteiger partial charge in [-0.25, -0.2) is 23.3 Å². The van der Waals surface area contributed by atoms with Gasteiger partial charge in [0.15, 0.2) is 0 Å². The van der Waals surface area contributed by atoms with Crippen LogP contribution in [0.3, 0.4) is 0 Å². The van der Waals surface area contributed by atoms with Gasteiger partial charge in [-0.3, -0.25) is 12.2 Å². The zero-order chi connectivity index (χ0) is 20.9. The Labute approximate surface area is 194 Å². The third-order valence-corrected chi connectivity index (χ3v) is 4.58. The van der Waals surface area contributed by atoms with Crippen molar-refractivity contribution in [1.82, 2.24) is 0 Å². The van der Waals surface area contributed by atoms with Gasteiger partial charge in [0.25, 0.3) is 0 Å². The topological polar surface area (TPSA) is 0 Å². The Kier molecular flexibility index (Phi) is 11.6. The van der Waals surface area contributed by atoms with Gasteiger partial charge in [-0.1, -0.05) is 111 Å². The molecular weight excluding hydrogens is 474 g/mol. The molecule has 0 spiro atoms. The molecule has 0 aromatic heterocycles. The first kappa shape index (κ1) is 24.1. The zero-order valence-corrected chi connectivity index (χ0v) is 21.0. The van der Waals surface area contributed by atoms with E-state index in [0.29, 0.717) is 0 Å². The number of benzene rings is 2.